The van der Waals surface area contributed by atoms with Crippen LogP contribution in [0, 0.1) is 13.8 Å². The first-order chi connectivity index (χ1) is 10.0. The largest absolute Gasteiger partial charge is 0.340 e. The number of rotatable bonds is 5. The van der Waals surface area contributed by atoms with Gasteiger partial charge in [0.25, 0.3) is 6.43 Å². The summed E-state index contributed by atoms with van der Waals surface area (Å²) in [6.07, 6.45) is -2.49. The molecule has 2 N–H and O–H groups in total. The van der Waals surface area contributed by atoms with Crippen molar-refractivity contribution in [2.75, 3.05) is 12.4 Å². The van der Waals surface area contributed by atoms with Gasteiger partial charge >= 0.3 is 0 Å². The summed E-state index contributed by atoms with van der Waals surface area (Å²) in [5.41, 5.74) is 2.36. The fourth-order valence-electron chi connectivity index (χ4n) is 2.12. The Labute approximate surface area is 122 Å². The van der Waals surface area contributed by atoms with E-state index in [2.05, 4.69) is 20.6 Å². The molecular weight excluding hydrogens is 274 g/mol. The number of aromatic nitrogens is 2. The lowest BCUT2D eigenvalue weighted by molar-refractivity contribution is 0.151. The maximum atomic E-state index is 12.8. The van der Waals surface area contributed by atoms with E-state index < -0.39 is 6.43 Å². The lowest BCUT2D eigenvalue weighted by atomic mass is 10.2. The monoisotopic (exact) mass is 292 g/mol. The van der Waals surface area contributed by atoms with Crippen LogP contribution in [0.1, 0.15) is 29.1 Å². The molecule has 112 valence electrons. The second-order valence-corrected chi connectivity index (χ2v) is 4.76. The first-order valence-electron chi connectivity index (χ1n) is 6.65. The molecule has 0 atom stereocenters. The van der Waals surface area contributed by atoms with Gasteiger partial charge in [-0.05, 0) is 33.0 Å². The number of nitrogens with one attached hydrogen (secondary N) is 2. The average Bonchev–Trinajstić information content (AvgIpc) is 2.43. The van der Waals surface area contributed by atoms with E-state index in [1.165, 1.54) is 12.1 Å². The molecule has 0 spiro atoms. The molecule has 6 heteroatoms. The summed E-state index contributed by atoms with van der Waals surface area (Å²) in [5, 5.41) is 6.17. The number of hydrogen-bond acceptors (Lipinski definition) is 4. The van der Waals surface area contributed by atoms with Crippen LogP contribution in [0.3, 0.4) is 0 Å². The Balaban J connectivity index is 2.36. The smallest absolute Gasteiger partial charge is 0.263 e. The zero-order valence-electron chi connectivity index (χ0n) is 12.2. The molecule has 1 aromatic heterocycles. The van der Waals surface area contributed by atoms with Gasteiger partial charge in [-0.1, -0.05) is 12.1 Å². The average molecular weight is 292 g/mol. The fraction of sp³-hybridized carbons (Fsp3) is 0.333. The van der Waals surface area contributed by atoms with E-state index >= 15 is 0 Å². The predicted octanol–water partition coefficient (Wildman–Crippen LogP) is 3.49. The second kappa shape index (κ2) is 6.58. The number of hydrogen-bond donors (Lipinski definition) is 2. The molecule has 2 aromatic rings. The number of alkyl halides is 2. The van der Waals surface area contributed by atoms with Gasteiger partial charge in [0, 0.05) is 29.1 Å². The molecule has 1 aromatic carbocycles. The minimum atomic E-state index is -2.49. The van der Waals surface area contributed by atoms with Crippen LogP contribution in [0.4, 0.5) is 20.3 Å². The lowest BCUT2D eigenvalue weighted by Crippen LogP contribution is -2.12. The summed E-state index contributed by atoms with van der Waals surface area (Å²) in [7, 11) is 1.83. The number of aryl methyl sites for hydroxylation is 2. The van der Waals surface area contributed by atoms with Gasteiger partial charge in [-0.2, -0.15) is 0 Å². The second-order valence-electron chi connectivity index (χ2n) is 4.76. The van der Waals surface area contributed by atoms with Crippen LogP contribution in [0.25, 0.3) is 0 Å². The maximum Gasteiger partial charge on any atom is 0.263 e. The van der Waals surface area contributed by atoms with E-state index in [1.54, 1.807) is 19.1 Å². The van der Waals surface area contributed by atoms with Gasteiger partial charge in [-0.15, -0.1) is 0 Å². The minimum Gasteiger partial charge on any atom is -0.340 e. The molecule has 0 bridgehead atoms. The van der Waals surface area contributed by atoms with Gasteiger partial charge in [0.05, 0.1) is 0 Å². The molecule has 0 aliphatic carbocycles. The third kappa shape index (κ3) is 3.72. The van der Waals surface area contributed by atoms with Crippen molar-refractivity contribution in [1.82, 2.24) is 15.3 Å². The Morgan fingerprint density at radius 2 is 1.95 bits per heavy atom. The summed E-state index contributed by atoms with van der Waals surface area (Å²) < 4.78 is 25.5. The highest BCUT2D eigenvalue weighted by Crippen LogP contribution is 2.25. The molecule has 4 nitrogen and oxygen atoms in total. The highest BCUT2D eigenvalue weighted by atomic mass is 19.3. The quantitative estimate of drug-likeness (QED) is 0.885. The lowest BCUT2D eigenvalue weighted by Gasteiger charge is -2.14. The zero-order chi connectivity index (χ0) is 15.4. The Bertz CT molecular complexity index is 629. The van der Waals surface area contributed by atoms with Crippen LogP contribution >= 0.6 is 0 Å². The highest BCUT2D eigenvalue weighted by molar-refractivity contribution is 5.61. The van der Waals surface area contributed by atoms with Crippen LogP contribution in [-0.4, -0.2) is 17.0 Å². The molecule has 0 saturated carbocycles. The SMILES string of the molecule is CNCc1c(C)nc(C)nc1Nc1cccc(C(F)F)c1. The highest BCUT2D eigenvalue weighted by Gasteiger charge is 2.11. The Hall–Kier alpha value is -2.08. The molecular formula is C15H18F2N4. The Morgan fingerprint density at radius 1 is 1.19 bits per heavy atom. The van der Waals surface area contributed by atoms with Gasteiger partial charge in [0.1, 0.15) is 11.6 Å². The van der Waals surface area contributed by atoms with Crippen molar-refractivity contribution in [3.05, 3.63) is 46.9 Å². The summed E-state index contributed by atoms with van der Waals surface area (Å²) in [4.78, 5) is 8.70. The predicted molar refractivity (Wildman–Crippen MR) is 79.0 cm³/mol. The van der Waals surface area contributed by atoms with Crippen molar-refractivity contribution in [2.45, 2.75) is 26.8 Å². The van der Waals surface area contributed by atoms with Crippen LogP contribution in [-0.2, 0) is 6.54 Å². The Morgan fingerprint density at radius 3 is 2.62 bits per heavy atom. The summed E-state index contributed by atoms with van der Waals surface area (Å²) in [6, 6.07) is 6.17. The summed E-state index contributed by atoms with van der Waals surface area (Å²) in [5.74, 6) is 1.28. The van der Waals surface area contributed by atoms with Gasteiger partial charge < -0.3 is 10.6 Å². The maximum absolute atomic E-state index is 12.8. The number of nitrogens with zero attached hydrogens (tertiary/aromatic N) is 2. The van der Waals surface area contributed by atoms with Gasteiger partial charge in [-0.25, -0.2) is 18.7 Å². The molecule has 0 amide bonds. The molecule has 21 heavy (non-hydrogen) atoms. The van der Waals surface area contributed by atoms with E-state index in [-0.39, 0.29) is 5.56 Å². The standard InChI is InChI=1S/C15H18F2N4/c1-9-13(8-18-3)15(20-10(2)19-9)21-12-6-4-5-11(7-12)14(16)17/h4-7,14,18H,8H2,1-3H3,(H,19,20,21). The summed E-state index contributed by atoms with van der Waals surface area (Å²) in [6.45, 7) is 4.31. The minimum absolute atomic E-state index is 0.0160. The van der Waals surface area contributed by atoms with Crippen molar-refractivity contribution in [2.24, 2.45) is 0 Å². The van der Waals surface area contributed by atoms with Crippen molar-refractivity contribution in [3.63, 3.8) is 0 Å². The van der Waals surface area contributed by atoms with E-state index in [0.29, 0.717) is 23.9 Å². The summed E-state index contributed by atoms with van der Waals surface area (Å²) >= 11 is 0. The fourth-order valence-corrected chi connectivity index (χ4v) is 2.12. The molecule has 0 saturated heterocycles. The van der Waals surface area contributed by atoms with E-state index in [9.17, 15) is 8.78 Å². The topological polar surface area (TPSA) is 49.8 Å². The Kier molecular flexibility index (Phi) is 4.80. The molecule has 0 aliphatic rings. The van der Waals surface area contributed by atoms with Crippen molar-refractivity contribution in [3.8, 4) is 0 Å². The molecule has 1 heterocycles. The number of anilines is 2. The third-order valence-corrected chi connectivity index (χ3v) is 3.08. The molecule has 2 rings (SSSR count). The van der Waals surface area contributed by atoms with Crippen LogP contribution in [0.5, 0.6) is 0 Å². The molecule has 0 radical (unpaired) electrons. The van der Waals surface area contributed by atoms with E-state index in [1.807, 2.05) is 14.0 Å². The molecule has 0 aliphatic heterocycles. The molecule has 0 unspecified atom stereocenters. The van der Waals surface area contributed by atoms with Crippen LogP contribution in [0.2, 0.25) is 0 Å². The van der Waals surface area contributed by atoms with Gasteiger partial charge in [-0.3, -0.25) is 0 Å². The van der Waals surface area contributed by atoms with Crippen molar-refractivity contribution in [1.29, 1.82) is 0 Å². The van der Waals surface area contributed by atoms with Crippen molar-refractivity contribution < 1.29 is 8.78 Å². The number of benzene rings is 1. The first-order valence-corrected chi connectivity index (χ1v) is 6.65. The van der Waals surface area contributed by atoms with E-state index in [4.69, 9.17) is 0 Å². The van der Waals surface area contributed by atoms with Crippen molar-refractivity contribution >= 4 is 11.5 Å². The van der Waals surface area contributed by atoms with Crippen LogP contribution in [0.15, 0.2) is 24.3 Å². The van der Waals surface area contributed by atoms with Gasteiger partial charge in [0.2, 0.25) is 0 Å². The number of halogens is 2. The van der Waals surface area contributed by atoms with Gasteiger partial charge in [0.15, 0.2) is 0 Å². The molecule has 0 fully saturated rings. The van der Waals surface area contributed by atoms with Crippen LogP contribution < -0.4 is 10.6 Å². The normalized spacial score (nSPS) is 11.0. The zero-order valence-corrected chi connectivity index (χ0v) is 12.2. The first kappa shape index (κ1) is 15.3. The van der Waals surface area contributed by atoms with E-state index in [0.717, 1.165) is 11.3 Å². The third-order valence-electron chi connectivity index (χ3n) is 3.08.